The summed E-state index contributed by atoms with van der Waals surface area (Å²) in [6.07, 6.45) is 0.0771. The molecule has 0 spiro atoms. The Hall–Kier alpha value is -3.00. The Kier molecular flexibility index (Phi) is 5.35. The molecule has 5 rings (SSSR count). The number of hydrogen-bond donors (Lipinski definition) is 2. The number of hydrogen-bond acceptors (Lipinski definition) is 5. The van der Waals surface area contributed by atoms with Crippen molar-refractivity contribution in [2.75, 3.05) is 4.90 Å². The second-order valence-electron chi connectivity index (χ2n) is 8.53. The summed E-state index contributed by atoms with van der Waals surface area (Å²) in [6.45, 7) is 1.83. The third kappa shape index (κ3) is 3.39. The van der Waals surface area contributed by atoms with E-state index >= 15 is 0 Å². The van der Waals surface area contributed by atoms with E-state index in [0.717, 1.165) is 20.9 Å². The summed E-state index contributed by atoms with van der Waals surface area (Å²) >= 11 is 7.71. The molecule has 2 aliphatic heterocycles. The number of carbonyl (C=O) groups excluding carboxylic acids is 2. The van der Waals surface area contributed by atoms with Gasteiger partial charge in [0.05, 0.1) is 23.6 Å². The van der Waals surface area contributed by atoms with Gasteiger partial charge in [0, 0.05) is 16.3 Å². The molecule has 2 aromatic carbocycles. The SMILES string of the molecule is Cc1ccc(N2C(=O)C3C(c4cccs4)NC(Cc4ccccc4)(C(=O)O)C3C2=O)cc1Cl. The van der Waals surface area contributed by atoms with Crippen LogP contribution in [0.15, 0.2) is 66.0 Å². The van der Waals surface area contributed by atoms with Crippen molar-refractivity contribution in [1.29, 1.82) is 0 Å². The molecule has 6 nitrogen and oxygen atoms in total. The Morgan fingerprint density at radius 1 is 1.12 bits per heavy atom. The van der Waals surface area contributed by atoms with Gasteiger partial charge in [0.25, 0.3) is 0 Å². The van der Waals surface area contributed by atoms with Crippen LogP contribution in [0.3, 0.4) is 0 Å². The number of anilines is 1. The number of halogens is 1. The van der Waals surface area contributed by atoms with Gasteiger partial charge in [-0.15, -0.1) is 11.3 Å². The third-order valence-corrected chi connectivity index (χ3v) is 7.99. The second kappa shape index (κ2) is 8.09. The largest absolute Gasteiger partial charge is 0.480 e. The van der Waals surface area contributed by atoms with Gasteiger partial charge in [0.1, 0.15) is 5.54 Å². The van der Waals surface area contributed by atoms with E-state index in [1.165, 1.54) is 11.3 Å². The first-order valence-electron chi connectivity index (χ1n) is 10.6. The van der Waals surface area contributed by atoms with Crippen molar-refractivity contribution in [2.45, 2.75) is 24.9 Å². The van der Waals surface area contributed by atoms with E-state index in [2.05, 4.69) is 5.32 Å². The van der Waals surface area contributed by atoms with Gasteiger partial charge in [-0.25, -0.2) is 4.90 Å². The standard InChI is InChI=1S/C25H21ClN2O4S/c1-14-9-10-16(12-17(14)26)28-22(29)19-20(23(28)30)25(24(31)32,13-15-6-3-2-4-7-15)27-21(19)18-8-5-11-33-18/h2-12,19-21,27H,13H2,1H3,(H,31,32). The number of nitrogens with zero attached hydrogens (tertiary/aromatic N) is 1. The molecule has 0 bridgehead atoms. The van der Waals surface area contributed by atoms with Crippen LogP contribution in [0.25, 0.3) is 0 Å². The molecule has 0 saturated carbocycles. The molecule has 8 heteroatoms. The number of rotatable bonds is 5. The van der Waals surface area contributed by atoms with Crippen LogP contribution in [0.1, 0.15) is 22.0 Å². The molecule has 33 heavy (non-hydrogen) atoms. The van der Waals surface area contributed by atoms with Gasteiger partial charge in [0.2, 0.25) is 11.8 Å². The molecule has 0 radical (unpaired) electrons. The van der Waals surface area contributed by atoms with Crippen molar-refractivity contribution in [1.82, 2.24) is 5.32 Å². The molecule has 2 aliphatic rings. The fourth-order valence-electron chi connectivity index (χ4n) is 5.04. The molecule has 2 saturated heterocycles. The number of carboxylic acid groups (broad SMARTS) is 1. The molecular weight excluding hydrogens is 460 g/mol. The number of aliphatic carboxylic acids is 1. The minimum absolute atomic E-state index is 0.0771. The van der Waals surface area contributed by atoms with Gasteiger partial charge >= 0.3 is 5.97 Å². The van der Waals surface area contributed by atoms with Gasteiger partial charge in [-0.05, 0) is 41.6 Å². The number of aryl methyl sites for hydroxylation is 1. The van der Waals surface area contributed by atoms with Crippen LogP contribution in [-0.2, 0) is 20.8 Å². The Morgan fingerprint density at radius 3 is 2.52 bits per heavy atom. The predicted octanol–water partition coefficient (Wildman–Crippen LogP) is 4.23. The van der Waals surface area contributed by atoms with E-state index in [1.807, 2.05) is 54.8 Å². The Labute approximate surface area is 199 Å². The average Bonchev–Trinajstić information content (AvgIpc) is 3.49. The zero-order valence-corrected chi connectivity index (χ0v) is 19.3. The lowest BCUT2D eigenvalue weighted by Crippen LogP contribution is -2.57. The summed E-state index contributed by atoms with van der Waals surface area (Å²) in [5, 5.41) is 16.0. The smallest absolute Gasteiger partial charge is 0.325 e. The van der Waals surface area contributed by atoms with Gasteiger partial charge < -0.3 is 5.11 Å². The lowest BCUT2D eigenvalue weighted by atomic mass is 9.76. The molecule has 4 unspecified atom stereocenters. The Bertz CT molecular complexity index is 1250. The highest BCUT2D eigenvalue weighted by atomic mass is 35.5. The van der Waals surface area contributed by atoms with Crippen molar-refractivity contribution in [2.24, 2.45) is 11.8 Å². The maximum Gasteiger partial charge on any atom is 0.325 e. The van der Waals surface area contributed by atoms with E-state index < -0.39 is 41.2 Å². The lowest BCUT2D eigenvalue weighted by Gasteiger charge is -2.31. The molecular formula is C25H21ClN2O4S. The van der Waals surface area contributed by atoms with Crippen LogP contribution in [0, 0.1) is 18.8 Å². The van der Waals surface area contributed by atoms with Crippen molar-refractivity contribution in [3.05, 3.63) is 87.1 Å². The molecule has 2 N–H and O–H groups in total. The predicted molar refractivity (Wildman–Crippen MR) is 126 cm³/mol. The summed E-state index contributed by atoms with van der Waals surface area (Å²) in [4.78, 5) is 42.2. The fraction of sp³-hybridized carbons (Fsp3) is 0.240. The number of fused-ring (bicyclic) bond motifs is 1. The van der Waals surface area contributed by atoms with Crippen LogP contribution >= 0.6 is 22.9 Å². The second-order valence-corrected chi connectivity index (χ2v) is 9.91. The van der Waals surface area contributed by atoms with Crippen LogP contribution < -0.4 is 10.2 Å². The number of carboxylic acids is 1. The maximum atomic E-state index is 13.8. The van der Waals surface area contributed by atoms with Crippen LogP contribution in [0.2, 0.25) is 5.02 Å². The minimum atomic E-state index is -1.63. The molecule has 2 amide bonds. The number of thiophene rings is 1. The van der Waals surface area contributed by atoms with E-state index in [4.69, 9.17) is 11.6 Å². The molecule has 4 atom stereocenters. The molecule has 168 valence electrons. The molecule has 3 aromatic rings. The normalized spacial score (nSPS) is 26.6. The van der Waals surface area contributed by atoms with E-state index in [-0.39, 0.29) is 6.42 Å². The van der Waals surface area contributed by atoms with Crippen molar-refractivity contribution in [3.8, 4) is 0 Å². The maximum absolute atomic E-state index is 13.8. The van der Waals surface area contributed by atoms with Crippen molar-refractivity contribution in [3.63, 3.8) is 0 Å². The first kappa shape index (κ1) is 21.8. The zero-order valence-electron chi connectivity index (χ0n) is 17.7. The third-order valence-electron chi connectivity index (χ3n) is 6.62. The summed E-state index contributed by atoms with van der Waals surface area (Å²) in [6, 6.07) is 17.3. The number of benzene rings is 2. The monoisotopic (exact) mass is 480 g/mol. The summed E-state index contributed by atoms with van der Waals surface area (Å²) < 4.78 is 0. The number of nitrogens with one attached hydrogen (secondary N) is 1. The minimum Gasteiger partial charge on any atom is -0.480 e. The topological polar surface area (TPSA) is 86.7 Å². The van der Waals surface area contributed by atoms with Crippen LogP contribution in [0.4, 0.5) is 5.69 Å². The highest BCUT2D eigenvalue weighted by molar-refractivity contribution is 7.10. The molecule has 0 aliphatic carbocycles. The molecule has 2 fully saturated rings. The van der Waals surface area contributed by atoms with E-state index in [9.17, 15) is 19.5 Å². The zero-order chi connectivity index (χ0) is 23.3. The molecule has 3 heterocycles. The van der Waals surface area contributed by atoms with Crippen molar-refractivity contribution >= 4 is 46.4 Å². The lowest BCUT2D eigenvalue weighted by molar-refractivity contribution is -0.148. The highest BCUT2D eigenvalue weighted by Crippen LogP contribution is 2.51. The fourth-order valence-corrected chi connectivity index (χ4v) is 6.04. The van der Waals surface area contributed by atoms with Gasteiger partial charge in [0.15, 0.2) is 0 Å². The van der Waals surface area contributed by atoms with E-state index in [1.54, 1.807) is 18.2 Å². The average molecular weight is 481 g/mol. The summed E-state index contributed by atoms with van der Waals surface area (Å²) in [7, 11) is 0. The first-order chi connectivity index (χ1) is 15.8. The first-order valence-corrected chi connectivity index (χ1v) is 11.8. The summed E-state index contributed by atoms with van der Waals surface area (Å²) in [5.41, 5.74) is 0.326. The quantitative estimate of drug-likeness (QED) is 0.534. The van der Waals surface area contributed by atoms with Crippen LogP contribution in [0.5, 0.6) is 0 Å². The van der Waals surface area contributed by atoms with E-state index in [0.29, 0.717) is 10.7 Å². The Balaban J connectivity index is 1.65. The number of carbonyl (C=O) groups is 3. The van der Waals surface area contributed by atoms with Crippen molar-refractivity contribution < 1.29 is 19.5 Å². The van der Waals surface area contributed by atoms with Gasteiger partial charge in [-0.3, -0.25) is 19.7 Å². The van der Waals surface area contributed by atoms with Gasteiger partial charge in [-0.1, -0.05) is 54.1 Å². The summed E-state index contributed by atoms with van der Waals surface area (Å²) in [5.74, 6) is -3.97. The van der Waals surface area contributed by atoms with Gasteiger partial charge in [-0.2, -0.15) is 0 Å². The highest BCUT2D eigenvalue weighted by Gasteiger charge is 2.68. The number of amides is 2. The Morgan fingerprint density at radius 2 is 1.88 bits per heavy atom. The van der Waals surface area contributed by atoms with Crippen LogP contribution in [-0.4, -0.2) is 28.4 Å². The number of imide groups is 1. The molecule has 1 aromatic heterocycles.